The van der Waals surface area contributed by atoms with Gasteiger partial charge < -0.3 is 4.74 Å². The number of hydrogen-bond acceptors (Lipinski definition) is 4. The van der Waals surface area contributed by atoms with Gasteiger partial charge in [0.15, 0.2) is 12.4 Å². The summed E-state index contributed by atoms with van der Waals surface area (Å²) in [7, 11) is 0. The topological polar surface area (TPSA) is 63.7 Å². The number of carbonyl (C=O) groups excluding carboxylic acids is 3. The van der Waals surface area contributed by atoms with E-state index in [2.05, 4.69) is 12.2 Å². The summed E-state index contributed by atoms with van der Waals surface area (Å²) >= 11 is 5.86. The summed E-state index contributed by atoms with van der Waals surface area (Å²) in [5, 5.41) is 0.549. The van der Waals surface area contributed by atoms with Crippen LogP contribution in [0.2, 0.25) is 5.02 Å². The zero-order valence-corrected chi connectivity index (χ0v) is 16.2. The number of fused-ring (bicyclic) bond motifs is 5. The van der Waals surface area contributed by atoms with E-state index in [1.807, 2.05) is 0 Å². The normalized spacial score (nSPS) is 26.9. The molecule has 2 aromatic rings. The number of carbonyl (C=O) groups is 3. The number of rotatable bonds is 5. The Balaban J connectivity index is 1.38. The van der Waals surface area contributed by atoms with Crippen molar-refractivity contribution in [3.8, 4) is 5.75 Å². The lowest BCUT2D eigenvalue weighted by Gasteiger charge is -2.20. The molecular formula is C23H18ClNO4. The van der Waals surface area contributed by atoms with Gasteiger partial charge in [0.05, 0.1) is 17.5 Å². The van der Waals surface area contributed by atoms with Crippen molar-refractivity contribution >= 4 is 34.9 Å². The van der Waals surface area contributed by atoms with Crippen LogP contribution in [0.15, 0.2) is 60.7 Å². The molecule has 0 N–H and O–H groups in total. The third-order valence-corrected chi connectivity index (χ3v) is 6.35. The molecular weight excluding hydrogens is 390 g/mol. The van der Waals surface area contributed by atoms with E-state index in [0.29, 0.717) is 22.0 Å². The molecule has 2 aromatic carbocycles. The second kappa shape index (κ2) is 6.85. The van der Waals surface area contributed by atoms with E-state index in [1.165, 1.54) is 4.90 Å². The minimum atomic E-state index is -0.277. The van der Waals surface area contributed by atoms with E-state index in [0.717, 1.165) is 6.42 Å². The van der Waals surface area contributed by atoms with E-state index in [4.69, 9.17) is 16.3 Å². The first-order chi connectivity index (χ1) is 14.0. The van der Waals surface area contributed by atoms with E-state index in [1.54, 1.807) is 48.5 Å². The van der Waals surface area contributed by atoms with Crippen molar-refractivity contribution in [2.75, 3.05) is 11.5 Å². The number of ketones is 1. The number of allylic oxidation sites excluding steroid dienone is 2. The fourth-order valence-corrected chi connectivity index (χ4v) is 4.89. The molecule has 5 nitrogen and oxygen atoms in total. The van der Waals surface area contributed by atoms with Crippen molar-refractivity contribution in [2.45, 2.75) is 6.42 Å². The van der Waals surface area contributed by atoms with Gasteiger partial charge in [-0.2, -0.15) is 0 Å². The van der Waals surface area contributed by atoms with Crippen LogP contribution < -0.4 is 9.64 Å². The van der Waals surface area contributed by atoms with Crippen molar-refractivity contribution in [1.29, 1.82) is 0 Å². The standard InChI is InChI=1S/C23H18ClNO4/c24-16-9-7-13(8-10-16)18(26)12-29-19-4-2-1-3-17(19)25-22(27)20-14-5-6-15(11-14)21(20)23(25)28/h1-10,14-15,20-21H,11-12H2/t14-,15+,20-,21+. The van der Waals surface area contributed by atoms with Crippen LogP contribution in [-0.4, -0.2) is 24.2 Å². The molecule has 2 amide bonds. The summed E-state index contributed by atoms with van der Waals surface area (Å²) in [5.74, 6) is -0.472. The molecule has 6 heteroatoms. The number of amides is 2. The first kappa shape index (κ1) is 18.1. The Kier molecular flexibility index (Phi) is 4.28. The molecule has 5 rings (SSSR count). The first-order valence-corrected chi connectivity index (χ1v) is 9.99. The highest BCUT2D eigenvalue weighted by molar-refractivity contribution is 6.30. The van der Waals surface area contributed by atoms with Gasteiger partial charge in [0.25, 0.3) is 0 Å². The van der Waals surface area contributed by atoms with Crippen LogP contribution in [-0.2, 0) is 9.59 Å². The van der Waals surface area contributed by atoms with Gasteiger partial charge in [-0.15, -0.1) is 0 Å². The Hall–Kier alpha value is -2.92. The van der Waals surface area contributed by atoms with Gasteiger partial charge >= 0.3 is 0 Å². The molecule has 1 heterocycles. The lowest BCUT2D eigenvalue weighted by molar-refractivity contribution is -0.123. The van der Waals surface area contributed by atoms with Crippen molar-refractivity contribution in [1.82, 2.24) is 0 Å². The van der Waals surface area contributed by atoms with Crippen LogP contribution in [0.3, 0.4) is 0 Å². The largest absolute Gasteiger partial charge is 0.483 e. The van der Waals surface area contributed by atoms with Crippen LogP contribution in [0.1, 0.15) is 16.8 Å². The molecule has 1 saturated heterocycles. The molecule has 1 aliphatic heterocycles. The van der Waals surface area contributed by atoms with Crippen molar-refractivity contribution in [2.24, 2.45) is 23.7 Å². The van der Waals surface area contributed by atoms with Gasteiger partial charge in [-0.1, -0.05) is 35.9 Å². The highest BCUT2D eigenvalue weighted by Crippen LogP contribution is 2.53. The lowest BCUT2D eigenvalue weighted by atomic mass is 9.85. The van der Waals surface area contributed by atoms with Gasteiger partial charge in [-0.25, -0.2) is 4.90 Å². The predicted octanol–water partition coefficient (Wildman–Crippen LogP) is 3.91. The quantitative estimate of drug-likeness (QED) is 0.428. The van der Waals surface area contributed by atoms with Gasteiger partial charge in [-0.05, 0) is 54.7 Å². The summed E-state index contributed by atoms with van der Waals surface area (Å²) in [4.78, 5) is 39.8. The van der Waals surface area contributed by atoms with Crippen LogP contribution in [0.5, 0.6) is 5.75 Å². The van der Waals surface area contributed by atoms with Gasteiger partial charge in [-0.3, -0.25) is 14.4 Å². The predicted molar refractivity (Wildman–Crippen MR) is 108 cm³/mol. The van der Waals surface area contributed by atoms with Crippen LogP contribution in [0.25, 0.3) is 0 Å². The maximum absolute atomic E-state index is 13.1. The second-order valence-electron chi connectivity index (χ2n) is 7.70. The Labute approximate surface area is 172 Å². The molecule has 29 heavy (non-hydrogen) atoms. The Morgan fingerprint density at radius 1 is 0.966 bits per heavy atom. The molecule has 4 atom stereocenters. The number of nitrogens with zero attached hydrogens (tertiary/aromatic N) is 1. The number of Topliss-reactive ketones (excluding diaryl/α,β-unsaturated/α-hetero) is 1. The lowest BCUT2D eigenvalue weighted by Crippen LogP contribution is -2.33. The van der Waals surface area contributed by atoms with E-state index < -0.39 is 0 Å². The van der Waals surface area contributed by atoms with Crippen LogP contribution in [0, 0.1) is 23.7 Å². The number of para-hydroxylation sites is 2. The van der Waals surface area contributed by atoms with Gasteiger partial charge in [0.2, 0.25) is 11.8 Å². The number of benzene rings is 2. The third-order valence-electron chi connectivity index (χ3n) is 6.10. The number of ether oxygens (including phenoxy) is 1. The summed E-state index contributed by atoms with van der Waals surface area (Å²) in [6, 6.07) is 13.4. The molecule has 0 aromatic heterocycles. The van der Waals surface area contributed by atoms with E-state index in [-0.39, 0.29) is 47.9 Å². The maximum Gasteiger partial charge on any atom is 0.238 e. The van der Waals surface area contributed by atoms with Crippen molar-refractivity contribution in [3.63, 3.8) is 0 Å². The molecule has 3 aliphatic rings. The Morgan fingerprint density at radius 3 is 2.24 bits per heavy atom. The molecule has 2 fully saturated rings. The third kappa shape index (κ3) is 2.88. The van der Waals surface area contributed by atoms with Gasteiger partial charge in [0, 0.05) is 10.6 Å². The number of halogens is 1. The molecule has 0 spiro atoms. The minimum absolute atomic E-state index is 0.144. The average molecular weight is 408 g/mol. The molecule has 1 saturated carbocycles. The van der Waals surface area contributed by atoms with Crippen LogP contribution in [0.4, 0.5) is 5.69 Å². The number of hydrogen-bond donors (Lipinski definition) is 0. The zero-order valence-electron chi connectivity index (χ0n) is 15.5. The number of imide groups is 1. The summed E-state index contributed by atoms with van der Waals surface area (Å²) < 4.78 is 5.74. The summed E-state index contributed by atoms with van der Waals surface area (Å²) in [6.45, 7) is -0.200. The smallest absolute Gasteiger partial charge is 0.238 e. The van der Waals surface area contributed by atoms with E-state index >= 15 is 0 Å². The zero-order chi connectivity index (χ0) is 20.1. The fourth-order valence-electron chi connectivity index (χ4n) is 4.77. The fraction of sp³-hybridized carbons (Fsp3) is 0.261. The minimum Gasteiger partial charge on any atom is -0.483 e. The Morgan fingerprint density at radius 2 is 1.59 bits per heavy atom. The SMILES string of the molecule is O=C(COc1ccccc1N1C(=O)[C@@H]2[C@H](C1=O)[C@@H]1C=C[C@H]2C1)c1ccc(Cl)cc1. The molecule has 2 aliphatic carbocycles. The maximum atomic E-state index is 13.1. The van der Waals surface area contributed by atoms with Crippen LogP contribution >= 0.6 is 11.6 Å². The van der Waals surface area contributed by atoms with Gasteiger partial charge in [0.1, 0.15) is 5.75 Å². The Bertz CT molecular complexity index is 1020. The highest BCUT2D eigenvalue weighted by atomic mass is 35.5. The highest BCUT2D eigenvalue weighted by Gasteiger charge is 2.59. The molecule has 0 radical (unpaired) electrons. The first-order valence-electron chi connectivity index (χ1n) is 9.61. The summed E-state index contributed by atoms with van der Waals surface area (Å²) in [5.41, 5.74) is 0.887. The molecule has 2 bridgehead atoms. The summed E-state index contributed by atoms with van der Waals surface area (Å²) in [6.07, 6.45) is 5.01. The van der Waals surface area contributed by atoms with E-state index in [9.17, 15) is 14.4 Å². The van der Waals surface area contributed by atoms with Crippen molar-refractivity contribution in [3.05, 3.63) is 71.3 Å². The number of anilines is 1. The monoisotopic (exact) mass is 407 g/mol. The molecule has 0 unspecified atom stereocenters. The average Bonchev–Trinajstić information content (AvgIpc) is 3.41. The molecule has 146 valence electrons. The van der Waals surface area contributed by atoms with Crippen molar-refractivity contribution < 1.29 is 19.1 Å². The second-order valence-corrected chi connectivity index (χ2v) is 8.13.